The zero-order chi connectivity index (χ0) is 18.4. The van der Waals surface area contributed by atoms with Crippen LogP contribution in [0.4, 0.5) is 5.69 Å². The number of ether oxygens (including phenoxy) is 1. The molecule has 2 aromatic carbocycles. The molecule has 0 bridgehead atoms. The van der Waals surface area contributed by atoms with E-state index in [1.165, 1.54) is 11.5 Å². The number of carbonyl (C=O) groups excluding carboxylic acids is 2. The van der Waals surface area contributed by atoms with Gasteiger partial charge < -0.3 is 10.1 Å². The van der Waals surface area contributed by atoms with Gasteiger partial charge in [-0.25, -0.2) is 0 Å². The van der Waals surface area contributed by atoms with E-state index in [1.54, 1.807) is 36.4 Å². The van der Waals surface area contributed by atoms with Gasteiger partial charge in [-0.1, -0.05) is 23.5 Å². The molecule has 0 fully saturated rings. The van der Waals surface area contributed by atoms with Crippen molar-refractivity contribution in [2.45, 2.75) is 13.3 Å². The Hall–Kier alpha value is -3.06. The molecule has 3 rings (SSSR count). The monoisotopic (exact) mass is 367 g/mol. The molecule has 0 atom stereocenters. The molecule has 1 heterocycles. The summed E-state index contributed by atoms with van der Waals surface area (Å²) < 4.78 is 9.28. The zero-order valence-corrected chi connectivity index (χ0v) is 15.0. The van der Waals surface area contributed by atoms with Gasteiger partial charge in [0.25, 0.3) is 5.91 Å². The number of benzene rings is 2. The highest BCUT2D eigenvalue weighted by atomic mass is 32.1. The van der Waals surface area contributed by atoms with E-state index in [0.717, 1.165) is 11.3 Å². The first-order chi connectivity index (χ1) is 12.7. The fourth-order valence-electron chi connectivity index (χ4n) is 2.30. The van der Waals surface area contributed by atoms with Crippen molar-refractivity contribution in [3.8, 4) is 17.0 Å². The first-order valence-electron chi connectivity index (χ1n) is 8.09. The third-order valence-electron chi connectivity index (χ3n) is 3.69. The van der Waals surface area contributed by atoms with Gasteiger partial charge in [0.1, 0.15) is 11.4 Å². The minimum atomic E-state index is -0.262. The largest absolute Gasteiger partial charge is 0.484 e. The van der Waals surface area contributed by atoms with E-state index in [9.17, 15) is 9.59 Å². The van der Waals surface area contributed by atoms with Crippen LogP contribution in [0.2, 0.25) is 0 Å². The molecule has 1 aromatic heterocycles. The van der Waals surface area contributed by atoms with Gasteiger partial charge in [0.15, 0.2) is 12.4 Å². The van der Waals surface area contributed by atoms with Crippen molar-refractivity contribution < 1.29 is 14.3 Å². The predicted octanol–water partition coefficient (Wildman–Crippen LogP) is 3.82. The summed E-state index contributed by atoms with van der Waals surface area (Å²) in [5.41, 5.74) is 3.06. The van der Waals surface area contributed by atoms with Crippen LogP contribution >= 0.6 is 11.5 Å². The molecule has 0 aliphatic carbocycles. The highest BCUT2D eigenvalue weighted by Gasteiger charge is 2.07. The number of amides is 1. The molecular formula is C19H17N3O3S. The van der Waals surface area contributed by atoms with Gasteiger partial charge in [0, 0.05) is 28.6 Å². The van der Waals surface area contributed by atoms with Crippen molar-refractivity contribution in [2.24, 2.45) is 0 Å². The summed E-state index contributed by atoms with van der Waals surface area (Å²) in [5, 5.41) is 8.64. The highest BCUT2D eigenvalue weighted by molar-refractivity contribution is 7.03. The van der Waals surface area contributed by atoms with E-state index in [-0.39, 0.29) is 18.3 Å². The molecule has 0 saturated heterocycles. The van der Waals surface area contributed by atoms with Crippen LogP contribution in [0.5, 0.6) is 5.75 Å². The highest BCUT2D eigenvalue weighted by Crippen LogP contribution is 2.20. The van der Waals surface area contributed by atoms with Crippen LogP contribution in [0.15, 0.2) is 53.9 Å². The molecule has 0 spiro atoms. The second kappa shape index (κ2) is 8.35. The summed E-state index contributed by atoms with van der Waals surface area (Å²) in [5.74, 6) is 0.354. The lowest BCUT2D eigenvalue weighted by Gasteiger charge is -2.08. The van der Waals surface area contributed by atoms with Gasteiger partial charge in [0.05, 0.1) is 0 Å². The number of carbonyl (C=O) groups is 2. The number of hydrogen-bond acceptors (Lipinski definition) is 6. The summed E-state index contributed by atoms with van der Waals surface area (Å²) in [7, 11) is 0. The van der Waals surface area contributed by atoms with E-state index in [0.29, 0.717) is 23.4 Å². The minimum absolute atomic E-state index is 0.0752. The number of aromatic nitrogens is 2. The molecule has 0 unspecified atom stereocenters. The molecule has 1 N–H and O–H groups in total. The molecule has 26 heavy (non-hydrogen) atoms. The number of anilines is 1. The summed E-state index contributed by atoms with van der Waals surface area (Å²) in [4.78, 5) is 23.6. The van der Waals surface area contributed by atoms with E-state index >= 15 is 0 Å². The Morgan fingerprint density at radius 1 is 1.08 bits per heavy atom. The summed E-state index contributed by atoms with van der Waals surface area (Å²) in [6.07, 6.45) is 0.459. The fourth-order valence-corrected chi connectivity index (χ4v) is 2.77. The first kappa shape index (κ1) is 17.8. The van der Waals surface area contributed by atoms with Crippen molar-refractivity contribution in [2.75, 3.05) is 11.9 Å². The molecule has 6 nitrogen and oxygen atoms in total. The topological polar surface area (TPSA) is 81.2 Å². The van der Waals surface area contributed by atoms with E-state index in [1.807, 2.05) is 24.4 Å². The lowest BCUT2D eigenvalue weighted by molar-refractivity contribution is -0.118. The maximum absolute atomic E-state index is 12.0. The summed E-state index contributed by atoms with van der Waals surface area (Å²) >= 11 is 1.29. The third-order valence-corrected chi connectivity index (χ3v) is 4.20. The molecule has 132 valence electrons. The second-order valence-corrected chi connectivity index (χ2v) is 6.12. The third kappa shape index (κ3) is 4.52. The molecular weight excluding hydrogens is 350 g/mol. The van der Waals surface area contributed by atoms with Gasteiger partial charge in [-0.3, -0.25) is 9.59 Å². The average Bonchev–Trinajstić information content (AvgIpc) is 3.21. The summed E-state index contributed by atoms with van der Waals surface area (Å²) in [6, 6.07) is 14.1. The quantitative estimate of drug-likeness (QED) is 0.642. The molecule has 0 aliphatic heterocycles. The smallest absolute Gasteiger partial charge is 0.262 e. The minimum Gasteiger partial charge on any atom is -0.484 e. The molecule has 1 amide bonds. The molecule has 3 aromatic rings. The number of ketones is 1. The van der Waals surface area contributed by atoms with E-state index in [4.69, 9.17) is 4.74 Å². The van der Waals surface area contributed by atoms with Crippen molar-refractivity contribution >= 4 is 28.9 Å². The van der Waals surface area contributed by atoms with Crippen LogP contribution in [-0.4, -0.2) is 27.9 Å². The second-order valence-electron chi connectivity index (χ2n) is 5.51. The Morgan fingerprint density at radius 3 is 2.42 bits per heavy atom. The van der Waals surface area contributed by atoms with Gasteiger partial charge in [-0.2, -0.15) is 0 Å². The van der Waals surface area contributed by atoms with Gasteiger partial charge in [0.2, 0.25) is 0 Å². The number of hydrogen-bond donors (Lipinski definition) is 1. The van der Waals surface area contributed by atoms with Crippen LogP contribution in [0.25, 0.3) is 11.3 Å². The average molecular weight is 367 g/mol. The standard InChI is InChI=1S/C19H17N3O3S/c1-2-18(23)14-5-9-16(10-6-14)25-11-19(24)20-15-7-3-13(4-8-15)17-12-26-22-21-17/h3-10,12H,2,11H2,1H3,(H,20,24). The molecule has 0 aliphatic rings. The van der Waals surface area contributed by atoms with Crippen molar-refractivity contribution in [3.63, 3.8) is 0 Å². The fraction of sp³-hybridized carbons (Fsp3) is 0.158. The number of nitrogens with one attached hydrogen (secondary N) is 1. The normalized spacial score (nSPS) is 10.3. The van der Waals surface area contributed by atoms with Crippen molar-refractivity contribution in [1.29, 1.82) is 0 Å². The van der Waals surface area contributed by atoms with Gasteiger partial charge in [-0.05, 0) is 47.9 Å². The van der Waals surface area contributed by atoms with E-state index in [2.05, 4.69) is 14.9 Å². The van der Waals surface area contributed by atoms with Crippen LogP contribution in [0.1, 0.15) is 23.7 Å². The number of rotatable bonds is 7. The SMILES string of the molecule is CCC(=O)c1ccc(OCC(=O)Nc2ccc(-c3csnn3)cc2)cc1. The number of nitrogens with zero attached hydrogens (tertiary/aromatic N) is 2. The lowest BCUT2D eigenvalue weighted by Crippen LogP contribution is -2.20. The molecule has 0 saturated carbocycles. The van der Waals surface area contributed by atoms with Crippen molar-refractivity contribution in [1.82, 2.24) is 9.59 Å². The molecule has 7 heteroatoms. The Balaban J connectivity index is 1.51. The maximum Gasteiger partial charge on any atom is 0.262 e. The first-order valence-corrected chi connectivity index (χ1v) is 8.93. The van der Waals surface area contributed by atoms with Gasteiger partial charge in [-0.15, -0.1) is 5.10 Å². The van der Waals surface area contributed by atoms with Crippen LogP contribution in [-0.2, 0) is 4.79 Å². The van der Waals surface area contributed by atoms with Crippen molar-refractivity contribution in [3.05, 3.63) is 59.5 Å². The van der Waals surface area contributed by atoms with Crippen LogP contribution < -0.4 is 10.1 Å². The Morgan fingerprint density at radius 2 is 1.81 bits per heavy atom. The zero-order valence-electron chi connectivity index (χ0n) is 14.1. The summed E-state index contributed by atoms with van der Waals surface area (Å²) in [6.45, 7) is 1.70. The number of Topliss-reactive ketones (excluding diaryl/α,β-unsaturated/α-hetero) is 1. The predicted molar refractivity (Wildman–Crippen MR) is 101 cm³/mol. The van der Waals surface area contributed by atoms with Crippen LogP contribution in [0.3, 0.4) is 0 Å². The van der Waals surface area contributed by atoms with E-state index < -0.39 is 0 Å². The Bertz CT molecular complexity index is 875. The maximum atomic E-state index is 12.0. The molecule has 0 radical (unpaired) electrons. The Kier molecular flexibility index (Phi) is 5.70. The lowest BCUT2D eigenvalue weighted by atomic mass is 10.1. The van der Waals surface area contributed by atoms with Crippen LogP contribution in [0, 0.1) is 0 Å². The Labute approximate surface area is 155 Å². The van der Waals surface area contributed by atoms with Gasteiger partial charge >= 0.3 is 0 Å².